The molecule has 0 saturated carbocycles. The Morgan fingerprint density at radius 3 is 1.98 bits per heavy atom. The van der Waals surface area contributed by atoms with E-state index >= 15 is 0 Å². The highest BCUT2D eigenvalue weighted by atomic mass is 15.1. The molecule has 0 saturated heterocycles. The summed E-state index contributed by atoms with van der Waals surface area (Å²) in [4.78, 5) is 2.42. The van der Waals surface area contributed by atoms with Gasteiger partial charge in [-0.3, -0.25) is 0 Å². The molecule has 0 amide bonds. The Morgan fingerprint density at radius 2 is 1.07 bits per heavy atom. The highest BCUT2D eigenvalue weighted by Gasteiger charge is 2.35. The summed E-state index contributed by atoms with van der Waals surface area (Å²) < 4.78 is 0. The molecule has 0 radical (unpaired) electrons. The quantitative estimate of drug-likeness (QED) is 0.213. The van der Waals surface area contributed by atoms with Crippen LogP contribution in [0.4, 0.5) is 17.1 Å². The number of nitrogens with zero attached hydrogens (tertiary/aromatic N) is 1. The number of fused-ring (bicyclic) bond motifs is 8. The zero-order valence-corrected chi connectivity index (χ0v) is 22.7. The number of hydrogen-bond acceptors (Lipinski definition) is 1. The third-order valence-electron chi connectivity index (χ3n) is 8.84. The topological polar surface area (TPSA) is 3.24 Å². The lowest BCUT2D eigenvalue weighted by Crippen LogP contribution is -2.15. The summed E-state index contributed by atoms with van der Waals surface area (Å²) in [5.41, 5.74) is 8.96. The molecule has 0 spiro atoms. The van der Waals surface area contributed by atoms with Crippen molar-refractivity contribution in [1.29, 1.82) is 0 Å². The molecule has 1 aliphatic carbocycles. The molecule has 0 unspecified atom stereocenters. The van der Waals surface area contributed by atoms with Crippen LogP contribution in [0.3, 0.4) is 0 Å². The minimum Gasteiger partial charge on any atom is -0.310 e. The van der Waals surface area contributed by atoms with Gasteiger partial charge in [0.2, 0.25) is 0 Å². The summed E-state index contributed by atoms with van der Waals surface area (Å²) in [6, 6.07) is 51.2. The van der Waals surface area contributed by atoms with Crippen molar-refractivity contribution in [2.24, 2.45) is 0 Å². The smallest absolute Gasteiger partial charge is 0.0540 e. The Hall–Kier alpha value is -4.88. The number of para-hydroxylation sites is 1. The lowest BCUT2D eigenvalue weighted by molar-refractivity contribution is 0.660. The summed E-state index contributed by atoms with van der Waals surface area (Å²) >= 11 is 0. The molecule has 7 aromatic rings. The Labute approximate surface area is 234 Å². The largest absolute Gasteiger partial charge is 0.310 e. The van der Waals surface area contributed by atoms with Crippen LogP contribution in [0.5, 0.6) is 0 Å². The molecule has 0 atom stereocenters. The lowest BCUT2D eigenvalue weighted by atomic mass is 9.82. The van der Waals surface area contributed by atoms with Gasteiger partial charge >= 0.3 is 0 Å². The number of anilines is 3. The number of benzene rings is 7. The second-order valence-electron chi connectivity index (χ2n) is 11.4. The number of hydrogen-bond donors (Lipinski definition) is 0. The summed E-state index contributed by atoms with van der Waals surface area (Å²) in [5, 5.41) is 7.68. The third-order valence-corrected chi connectivity index (χ3v) is 8.84. The van der Waals surface area contributed by atoms with E-state index in [-0.39, 0.29) is 5.41 Å². The van der Waals surface area contributed by atoms with Gasteiger partial charge in [0.1, 0.15) is 0 Å². The van der Waals surface area contributed by atoms with E-state index in [4.69, 9.17) is 0 Å². The van der Waals surface area contributed by atoms with Crippen LogP contribution >= 0.6 is 0 Å². The maximum atomic E-state index is 2.42. The molecule has 1 heteroatoms. The third kappa shape index (κ3) is 3.28. The van der Waals surface area contributed by atoms with E-state index in [1.807, 2.05) is 0 Å². The Morgan fingerprint density at radius 1 is 0.425 bits per heavy atom. The van der Waals surface area contributed by atoms with Crippen molar-refractivity contribution in [3.8, 4) is 11.1 Å². The lowest BCUT2D eigenvalue weighted by Gasteiger charge is -2.28. The van der Waals surface area contributed by atoms with Crippen LogP contribution in [-0.4, -0.2) is 0 Å². The van der Waals surface area contributed by atoms with E-state index in [1.165, 1.54) is 65.9 Å². The zero-order valence-electron chi connectivity index (χ0n) is 22.7. The molecule has 0 aliphatic heterocycles. The van der Waals surface area contributed by atoms with Crippen molar-refractivity contribution in [2.75, 3.05) is 4.90 Å². The first kappa shape index (κ1) is 23.0. The fourth-order valence-electron chi connectivity index (χ4n) is 6.89. The van der Waals surface area contributed by atoms with Crippen LogP contribution in [0.15, 0.2) is 140 Å². The van der Waals surface area contributed by atoms with Crippen molar-refractivity contribution in [3.05, 3.63) is 151 Å². The standard InChI is InChI=1S/C39H29N/c1-39(2)36-17-9-8-15-33(36)35-25-28(20-24-37(35)39)40(27-12-4-3-5-13-27)38-18-10-16-30-32-21-19-26-11-6-7-14-29(26)31(32)22-23-34(30)38/h3-25H,1-2H3. The first-order valence-electron chi connectivity index (χ1n) is 14.0. The van der Waals surface area contributed by atoms with Gasteiger partial charge in [-0.1, -0.05) is 123 Å². The van der Waals surface area contributed by atoms with Crippen molar-refractivity contribution in [2.45, 2.75) is 19.3 Å². The normalized spacial score (nSPS) is 13.4. The van der Waals surface area contributed by atoms with Crippen LogP contribution < -0.4 is 4.90 Å². The van der Waals surface area contributed by atoms with E-state index in [1.54, 1.807) is 0 Å². The molecule has 8 rings (SSSR count). The van der Waals surface area contributed by atoms with E-state index in [2.05, 4.69) is 158 Å². The average molecular weight is 512 g/mol. The van der Waals surface area contributed by atoms with Crippen LogP contribution in [-0.2, 0) is 5.41 Å². The molecule has 7 aromatic carbocycles. The molecule has 0 fully saturated rings. The average Bonchev–Trinajstić information content (AvgIpc) is 3.23. The van der Waals surface area contributed by atoms with Crippen molar-refractivity contribution in [3.63, 3.8) is 0 Å². The molecule has 0 heterocycles. The summed E-state index contributed by atoms with van der Waals surface area (Å²) in [6.07, 6.45) is 0. The fourth-order valence-corrected chi connectivity index (χ4v) is 6.89. The predicted octanol–water partition coefficient (Wildman–Crippen LogP) is 10.9. The Bertz CT molecular complexity index is 2080. The van der Waals surface area contributed by atoms with Crippen LogP contribution in [0.1, 0.15) is 25.0 Å². The fraction of sp³-hybridized carbons (Fsp3) is 0.0769. The van der Waals surface area contributed by atoms with Gasteiger partial charge in [-0.2, -0.15) is 0 Å². The molecule has 1 aliphatic rings. The minimum atomic E-state index is -0.0107. The molecule has 0 N–H and O–H groups in total. The second-order valence-corrected chi connectivity index (χ2v) is 11.4. The van der Waals surface area contributed by atoms with Gasteiger partial charge in [-0.25, -0.2) is 0 Å². The molecule has 0 bridgehead atoms. The van der Waals surface area contributed by atoms with Gasteiger partial charge < -0.3 is 4.90 Å². The first-order valence-corrected chi connectivity index (χ1v) is 14.0. The molecular weight excluding hydrogens is 482 g/mol. The van der Waals surface area contributed by atoms with Gasteiger partial charge in [0.25, 0.3) is 0 Å². The predicted molar refractivity (Wildman–Crippen MR) is 171 cm³/mol. The van der Waals surface area contributed by atoms with Crippen LogP contribution in [0.2, 0.25) is 0 Å². The molecular formula is C39H29N. The summed E-state index contributed by atoms with van der Waals surface area (Å²) in [7, 11) is 0. The van der Waals surface area contributed by atoms with Crippen molar-refractivity contribution >= 4 is 49.4 Å². The van der Waals surface area contributed by atoms with Gasteiger partial charge in [0.15, 0.2) is 0 Å². The first-order chi connectivity index (χ1) is 19.6. The molecule has 0 aromatic heterocycles. The maximum absolute atomic E-state index is 2.42. The summed E-state index contributed by atoms with van der Waals surface area (Å²) in [6.45, 7) is 4.68. The van der Waals surface area contributed by atoms with Crippen molar-refractivity contribution in [1.82, 2.24) is 0 Å². The zero-order chi connectivity index (χ0) is 26.8. The van der Waals surface area contributed by atoms with Crippen LogP contribution in [0.25, 0.3) is 43.4 Å². The highest BCUT2D eigenvalue weighted by Crippen LogP contribution is 2.51. The van der Waals surface area contributed by atoms with Gasteiger partial charge in [0, 0.05) is 22.2 Å². The van der Waals surface area contributed by atoms with Gasteiger partial charge in [0.05, 0.1) is 5.69 Å². The second kappa shape index (κ2) is 8.56. The van der Waals surface area contributed by atoms with Gasteiger partial charge in [-0.15, -0.1) is 0 Å². The van der Waals surface area contributed by atoms with E-state index < -0.39 is 0 Å². The van der Waals surface area contributed by atoms with E-state index in [9.17, 15) is 0 Å². The van der Waals surface area contributed by atoms with Gasteiger partial charge in [-0.05, 0) is 79.5 Å². The number of rotatable bonds is 3. The molecule has 40 heavy (non-hydrogen) atoms. The maximum Gasteiger partial charge on any atom is 0.0540 e. The Kier molecular flexibility index (Phi) is 4.93. The minimum absolute atomic E-state index is 0.0107. The Balaban J connectivity index is 1.39. The van der Waals surface area contributed by atoms with Crippen molar-refractivity contribution < 1.29 is 0 Å². The van der Waals surface area contributed by atoms with E-state index in [0.717, 1.165) is 5.69 Å². The van der Waals surface area contributed by atoms with Crippen LogP contribution in [0, 0.1) is 0 Å². The van der Waals surface area contributed by atoms with E-state index in [0.29, 0.717) is 0 Å². The summed E-state index contributed by atoms with van der Waals surface area (Å²) in [5.74, 6) is 0. The molecule has 1 nitrogen and oxygen atoms in total. The monoisotopic (exact) mass is 511 g/mol. The highest BCUT2D eigenvalue weighted by molar-refractivity contribution is 6.19. The molecule has 190 valence electrons. The SMILES string of the molecule is CC1(C)c2ccccc2-c2cc(N(c3ccccc3)c3cccc4c3ccc3c5ccccc5ccc43)ccc21.